The largest absolute Gasteiger partial charge is 0.349 e. The van der Waals surface area contributed by atoms with Gasteiger partial charge in [0, 0.05) is 35.6 Å². The number of rotatable bonds is 6. The quantitative estimate of drug-likeness (QED) is 0.704. The van der Waals surface area contributed by atoms with Gasteiger partial charge in [-0.1, -0.05) is 18.2 Å². The Morgan fingerprint density at radius 1 is 1.15 bits per heavy atom. The molecule has 3 rings (SSSR count). The lowest BCUT2D eigenvalue weighted by molar-refractivity contribution is 0.0940. The number of aryl methyl sites for hydroxylation is 2. The fourth-order valence-corrected chi connectivity index (χ4v) is 3.01. The number of carbonyl (C=O) groups is 1. The molecule has 0 aliphatic heterocycles. The van der Waals surface area contributed by atoms with Crippen LogP contribution in [0.5, 0.6) is 0 Å². The molecule has 1 aromatic carbocycles. The van der Waals surface area contributed by atoms with Gasteiger partial charge in [-0.2, -0.15) is 5.10 Å². The van der Waals surface area contributed by atoms with Crippen LogP contribution in [0.3, 0.4) is 0 Å². The maximum absolute atomic E-state index is 12.6. The first-order valence-electron chi connectivity index (χ1n) is 8.82. The predicted molar refractivity (Wildman–Crippen MR) is 109 cm³/mol. The Hall–Kier alpha value is -2.66. The molecule has 0 radical (unpaired) electrons. The summed E-state index contributed by atoms with van der Waals surface area (Å²) in [6.45, 7) is 6.67. The van der Waals surface area contributed by atoms with Crippen molar-refractivity contribution in [2.45, 2.75) is 39.8 Å². The van der Waals surface area contributed by atoms with Gasteiger partial charge < -0.3 is 5.32 Å². The molecule has 1 unspecified atom stereocenters. The SMILES string of the molecule is Cc1cc(C)n(Cc2cccc(C(=O)NC(C)Cc3ccccn3)c2)n1.Cl. The zero-order valence-electron chi connectivity index (χ0n) is 15.8. The molecule has 0 aliphatic carbocycles. The highest BCUT2D eigenvalue weighted by Crippen LogP contribution is 2.10. The monoisotopic (exact) mass is 384 g/mol. The van der Waals surface area contributed by atoms with E-state index in [0.717, 1.165) is 22.6 Å². The van der Waals surface area contributed by atoms with Gasteiger partial charge in [0.25, 0.3) is 5.91 Å². The lowest BCUT2D eigenvalue weighted by Gasteiger charge is -2.14. The van der Waals surface area contributed by atoms with Gasteiger partial charge in [-0.25, -0.2) is 0 Å². The Kier molecular flexibility index (Phi) is 7.13. The van der Waals surface area contributed by atoms with Crippen LogP contribution in [0.15, 0.2) is 54.7 Å². The third-order valence-electron chi connectivity index (χ3n) is 4.24. The molecule has 0 bridgehead atoms. The van der Waals surface area contributed by atoms with E-state index >= 15 is 0 Å². The standard InChI is InChI=1S/C21H24N4O.ClH/c1-15(12-20-9-4-5-10-22-20)23-21(26)19-8-6-7-18(13-19)14-25-17(3)11-16(2)24-25;/h4-11,13,15H,12,14H2,1-3H3,(H,23,26);1H. The summed E-state index contributed by atoms with van der Waals surface area (Å²) in [6, 6.07) is 15.6. The van der Waals surface area contributed by atoms with Crippen molar-refractivity contribution < 1.29 is 4.79 Å². The number of pyridine rings is 1. The summed E-state index contributed by atoms with van der Waals surface area (Å²) in [5, 5.41) is 7.53. The molecule has 2 aromatic heterocycles. The summed E-state index contributed by atoms with van der Waals surface area (Å²) in [5.41, 5.74) is 4.80. The van der Waals surface area contributed by atoms with Gasteiger partial charge in [-0.05, 0) is 56.7 Å². The van der Waals surface area contributed by atoms with E-state index in [4.69, 9.17) is 0 Å². The zero-order valence-corrected chi connectivity index (χ0v) is 16.7. The molecule has 0 spiro atoms. The van der Waals surface area contributed by atoms with Crippen molar-refractivity contribution in [1.82, 2.24) is 20.1 Å². The maximum Gasteiger partial charge on any atom is 0.251 e. The molecule has 1 amide bonds. The molecule has 142 valence electrons. The van der Waals surface area contributed by atoms with Crippen molar-refractivity contribution in [3.05, 3.63) is 82.9 Å². The van der Waals surface area contributed by atoms with E-state index in [-0.39, 0.29) is 24.4 Å². The highest BCUT2D eigenvalue weighted by atomic mass is 35.5. The summed E-state index contributed by atoms with van der Waals surface area (Å²) in [5.74, 6) is -0.0661. The third kappa shape index (κ3) is 5.66. The fraction of sp³-hybridized carbons (Fsp3) is 0.286. The average Bonchev–Trinajstić information content (AvgIpc) is 2.93. The predicted octanol–water partition coefficient (Wildman–Crippen LogP) is 3.73. The molecule has 0 aliphatic rings. The van der Waals surface area contributed by atoms with Crippen molar-refractivity contribution in [2.75, 3.05) is 0 Å². The van der Waals surface area contributed by atoms with E-state index in [9.17, 15) is 4.79 Å². The minimum Gasteiger partial charge on any atom is -0.349 e. The van der Waals surface area contributed by atoms with Crippen LogP contribution in [0.2, 0.25) is 0 Å². The van der Waals surface area contributed by atoms with Crippen LogP contribution in [-0.4, -0.2) is 26.7 Å². The lowest BCUT2D eigenvalue weighted by atomic mass is 10.1. The molecule has 0 saturated carbocycles. The highest BCUT2D eigenvalue weighted by Gasteiger charge is 2.12. The minimum absolute atomic E-state index is 0. The number of hydrogen-bond acceptors (Lipinski definition) is 3. The van der Waals surface area contributed by atoms with E-state index in [1.807, 2.05) is 67.9 Å². The third-order valence-corrected chi connectivity index (χ3v) is 4.24. The van der Waals surface area contributed by atoms with Gasteiger partial charge in [0.05, 0.1) is 12.2 Å². The first kappa shape index (κ1) is 20.6. The number of hydrogen-bond donors (Lipinski definition) is 1. The van der Waals surface area contributed by atoms with Crippen molar-refractivity contribution in [3.63, 3.8) is 0 Å². The first-order chi connectivity index (χ1) is 12.5. The molecule has 1 atom stereocenters. The van der Waals surface area contributed by atoms with Crippen LogP contribution < -0.4 is 5.32 Å². The van der Waals surface area contributed by atoms with E-state index in [0.29, 0.717) is 18.5 Å². The normalized spacial score (nSPS) is 11.5. The number of amides is 1. The van der Waals surface area contributed by atoms with Crippen LogP contribution in [-0.2, 0) is 13.0 Å². The van der Waals surface area contributed by atoms with Crippen LogP contribution >= 0.6 is 12.4 Å². The second-order valence-electron chi connectivity index (χ2n) is 6.68. The molecule has 6 heteroatoms. The van der Waals surface area contributed by atoms with E-state index in [1.54, 1.807) is 6.20 Å². The fourth-order valence-electron chi connectivity index (χ4n) is 3.01. The highest BCUT2D eigenvalue weighted by molar-refractivity contribution is 5.94. The number of benzene rings is 1. The number of halogens is 1. The second kappa shape index (κ2) is 9.33. The van der Waals surface area contributed by atoms with E-state index in [2.05, 4.69) is 21.5 Å². The maximum atomic E-state index is 12.6. The van der Waals surface area contributed by atoms with Crippen LogP contribution in [0, 0.1) is 13.8 Å². The Morgan fingerprint density at radius 2 is 1.96 bits per heavy atom. The number of aromatic nitrogens is 3. The summed E-state index contributed by atoms with van der Waals surface area (Å²) < 4.78 is 1.95. The molecule has 0 fully saturated rings. The summed E-state index contributed by atoms with van der Waals surface area (Å²) in [7, 11) is 0. The molecule has 2 heterocycles. The van der Waals surface area contributed by atoms with Gasteiger partial charge in [0.15, 0.2) is 0 Å². The van der Waals surface area contributed by atoms with Crippen molar-refractivity contribution in [1.29, 1.82) is 0 Å². The molecule has 0 saturated heterocycles. The molecule has 5 nitrogen and oxygen atoms in total. The van der Waals surface area contributed by atoms with Crippen LogP contribution in [0.4, 0.5) is 0 Å². The number of nitrogens with one attached hydrogen (secondary N) is 1. The smallest absolute Gasteiger partial charge is 0.251 e. The topological polar surface area (TPSA) is 59.8 Å². The number of nitrogens with zero attached hydrogens (tertiary/aromatic N) is 3. The summed E-state index contributed by atoms with van der Waals surface area (Å²) >= 11 is 0. The molecule has 3 aromatic rings. The first-order valence-corrected chi connectivity index (χ1v) is 8.82. The van der Waals surface area contributed by atoms with Crippen molar-refractivity contribution in [3.8, 4) is 0 Å². The zero-order chi connectivity index (χ0) is 18.5. The molecular formula is C21H25ClN4O. The van der Waals surface area contributed by atoms with Gasteiger partial charge in [0.2, 0.25) is 0 Å². The van der Waals surface area contributed by atoms with Gasteiger partial charge in [-0.15, -0.1) is 12.4 Å². The lowest BCUT2D eigenvalue weighted by Crippen LogP contribution is -2.34. The Bertz CT molecular complexity index is 892. The number of carbonyl (C=O) groups excluding carboxylic acids is 1. The summed E-state index contributed by atoms with van der Waals surface area (Å²) in [4.78, 5) is 16.9. The molecular weight excluding hydrogens is 360 g/mol. The second-order valence-corrected chi connectivity index (χ2v) is 6.68. The van der Waals surface area contributed by atoms with Gasteiger partial charge in [-0.3, -0.25) is 14.5 Å². The molecule has 27 heavy (non-hydrogen) atoms. The van der Waals surface area contributed by atoms with Crippen LogP contribution in [0.25, 0.3) is 0 Å². The van der Waals surface area contributed by atoms with E-state index < -0.39 is 0 Å². The minimum atomic E-state index is -0.0661. The Morgan fingerprint density at radius 3 is 2.63 bits per heavy atom. The molecule has 1 N–H and O–H groups in total. The average molecular weight is 385 g/mol. The van der Waals surface area contributed by atoms with Crippen molar-refractivity contribution >= 4 is 18.3 Å². The summed E-state index contributed by atoms with van der Waals surface area (Å²) in [6.07, 6.45) is 2.48. The van der Waals surface area contributed by atoms with Gasteiger partial charge in [0.1, 0.15) is 0 Å². The van der Waals surface area contributed by atoms with Gasteiger partial charge >= 0.3 is 0 Å². The van der Waals surface area contributed by atoms with E-state index in [1.165, 1.54) is 0 Å². The van der Waals surface area contributed by atoms with Crippen molar-refractivity contribution in [2.24, 2.45) is 0 Å². The Labute approximate surface area is 166 Å². The van der Waals surface area contributed by atoms with Crippen LogP contribution in [0.1, 0.15) is 39.9 Å². The Balaban J connectivity index is 0.00000261.